The minimum Gasteiger partial charge on any atom is -0.549 e. The van der Waals surface area contributed by atoms with Gasteiger partial charge in [0.05, 0.1) is 11.3 Å². The number of alkyl halides is 1. The van der Waals surface area contributed by atoms with Crippen molar-refractivity contribution in [1.29, 1.82) is 0 Å². The average Bonchev–Trinajstić information content (AvgIpc) is 1.65. The second-order valence-electron chi connectivity index (χ2n) is 1.19. The molecule has 2 nitrogen and oxygen atoms in total. The van der Waals surface area contributed by atoms with Crippen LogP contribution in [0.25, 0.3) is 0 Å². The summed E-state index contributed by atoms with van der Waals surface area (Å²) < 4.78 is 0. The Hall–Kier alpha value is 0.357. The molecule has 0 aromatic carbocycles. The third-order valence-corrected chi connectivity index (χ3v) is 1.10. The third kappa shape index (κ3) is 4.51. The summed E-state index contributed by atoms with van der Waals surface area (Å²) in [4.78, 5) is 9.69. The summed E-state index contributed by atoms with van der Waals surface area (Å²) in [5.74, 6) is -1.19. The Kier molecular flexibility index (Phi) is 7.69. The van der Waals surface area contributed by atoms with Gasteiger partial charge in [-0.05, 0) is 6.42 Å². The molecule has 0 N–H and O–H groups in total. The van der Waals surface area contributed by atoms with Gasteiger partial charge in [0, 0.05) is 0 Å². The molecule has 1 unspecified atom stereocenters. The molecule has 0 aliphatic carbocycles. The molecule has 0 saturated carbocycles. The summed E-state index contributed by atoms with van der Waals surface area (Å²) in [7, 11) is 0. The summed E-state index contributed by atoms with van der Waals surface area (Å²) in [6, 6.07) is 0. The van der Waals surface area contributed by atoms with Gasteiger partial charge in [0.1, 0.15) is 0 Å². The predicted octanol–water partition coefficient (Wildman–Crippen LogP) is -3.24. The summed E-state index contributed by atoms with van der Waals surface area (Å²) in [6.07, 6.45) is 0.421. The number of halogens is 1. The van der Waals surface area contributed by atoms with Gasteiger partial charge in [0.25, 0.3) is 0 Å². The summed E-state index contributed by atoms with van der Waals surface area (Å²) in [5.41, 5.74) is 0. The molecule has 0 rings (SSSR count). The molecule has 0 heterocycles. The molecule has 0 bridgehead atoms. The van der Waals surface area contributed by atoms with Gasteiger partial charge in [0.15, 0.2) is 0 Å². The minimum atomic E-state index is -1.19. The van der Waals surface area contributed by atoms with Gasteiger partial charge in [-0.15, -0.1) is 11.6 Å². The molecule has 0 aromatic rings. The second-order valence-corrected chi connectivity index (χ2v) is 1.72. The number of carboxylic acid groups (broad SMARTS) is 1. The molecule has 0 amide bonds. The van der Waals surface area contributed by atoms with Crippen LogP contribution in [0.4, 0.5) is 0 Å². The standard InChI is InChI=1S/C4H7ClO2.Li/c1-2-3(5)4(6)7;/h3H,2H2,1H3,(H,6,7);/q;+1/p-1. The first-order valence-corrected chi connectivity index (χ1v) is 2.47. The van der Waals surface area contributed by atoms with Crippen LogP contribution >= 0.6 is 11.6 Å². The van der Waals surface area contributed by atoms with Gasteiger partial charge >= 0.3 is 18.9 Å². The van der Waals surface area contributed by atoms with Crippen molar-refractivity contribution in [2.45, 2.75) is 18.7 Å². The normalized spacial score (nSPS) is 11.8. The average molecular weight is 128 g/mol. The van der Waals surface area contributed by atoms with E-state index in [0.29, 0.717) is 6.42 Å². The van der Waals surface area contributed by atoms with Crippen LogP contribution in [0.2, 0.25) is 0 Å². The van der Waals surface area contributed by atoms with Crippen molar-refractivity contribution < 1.29 is 28.8 Å². The van der Waals surface area contributed by atoms with Crippen molar-refractivity contribution in [3.63, 3.8) is 0 Å². The quantitative estimate of drug-likeness (QED) is 0.290. The summed E-state index contributed by atoms with van der Waals surface area (Å²) in [6.45, 7) is 1.69. The van der Waals surface area contributed by atoms with Crippen LogP contribution in [-0.4, -0.2) is 11.3 Å². The van der Waals surface area contributed by atoms with Crippen molar-refractivity contribution in [3.8, 4) is 0 Å². The van der Waals surface area contributed by atoms with E-state index in [1.54, 1.807) is 6.92 Å². The number of hydrogen-bond donors (Lipinski definition) is 0. The Balaban J connectivity index is 0. The summed E-state index contributed by atoms with van der Waals surface area (Å²) >= 11 is 5.14. The van der Waals surface area contributed by atoms with E-state index < -0.39 is 11.3 Å². The first kappa shape index (κ1) is 11.2. The zero-order valence-electron chi connectivity index (χ0n) is 4.98. The fourth-order valence-electron chi connectivity index (χ4n) is 0.167. The SMILES string of the molecule is CCC(Cl)C(=O)[O-].[Li+]. The first-order chi connectivity index (χ1) is 3.18. The molecule has 8 heavy (non-hydrogen) atoms. The fraction of sp³-hybridized carbons (Fsp3) is 0.750. The number of carbonyl (C=O) groups excluding carboxylic acids is 1. The van der Waals surface area contributed by atoms with Crippen LogP contribution in [0.3, 0.4) is 0 Å². The summed E-state index contributed by atoms with van der Waals surface area (Å²) in [5, 5.41) is 8.87. The van der Waals surface area contributed by atoms with E-state index in [1.807, 2.05) is 0 Å². The molecule has 0 aliphatic heterocycles. The van der Waals surface area contributed by atoms with Gasteiger partial charge in [0.2, 0.25) is 0 Å². The second kappa shape index (κ2) is 5.49. The predicted molar refractivity (Wildman–Crippen MR) is 24.9 cm³/mol. The zero-order valence-corrected chi connectivity index (χ0v) is 5.73. The van der Waals surface area contributed by atoms with Gasteiger partial charge in [-0.2, -0.15) is 0 Å². The number of carbonyl (C=O) groups is 1. The van der Waals surface area contributed by atoms with E-state index in [9.17, 15) is 9.90 Å². The molecule has 0 aromatic heterocycles. The molecule has 0 spiro atoms. The van der Waals surface area contributed by atoms with Crippen molar-refractivity contribution in [2.75, 3.05) is 0 Å². The Morgan fingerprint density at radius 3 is 2.25 bits per heavy atom. The van der Waals surface area contributed by atoms with Crippen LogP contribution in [0.5, 0.6) is 0 Å². The molecule has 0 saturated heterocycles. The van der Waals surface area contributed by atoms with Gasteiger partial charge in [-0.3, -0.25) is 0 Å². The molecule has 0 aliphatic rings. The maximum Gasteiger partial charge on any atom is 1.00 e. The number of carboxylic acids is 1. The third-order valence-electron chi connectivity index (χ3n) is 0.614. The zero-order chi connectivity index (χ0) is 5.86. The van der Waals surface area contributed by atoms with Crippen molar-refractivity contribution in [1.82, 2.24) is 0 Å². The van der Waals surface area contributed by atoms with Gasteiger partial charge in [-0.25, -0.2) is 0 Å². The van der Waals surface area contributed by atoms with Crippen molar-refractivity contribution in [2.24, 2.45) is 0 Å². The van der Waals surface area contributed by atoms with Crippen LogP contribution < -0.4 is 24.0 Å². The van der Waals surface area contributed by atoms with E-state index in [4.69, 9.17) is 11.6 Å². The molecular formula is C4H6ClLiO2. The minimum absolute atomic E-state index is 0. The van der Waals surface area contributed by atoms with Gasteiger partial charge in [-0.1, -0.05) is 6.92 Å². The van der Waals surface area contributed by atoms with Gasteiger partial charge < -0.3 is 9.90 Å². The first-order valence-electron chi connectivity index (χ1n) is 2.03. The van der Waals surface area contributed by atoms with E-state index >= 15 is 0 Å². The number of aliphatic carboxylic acids is 1. The largest absolute Gasteiger partial charge is 1.00 e. The van der Waals surface area contributed by atoms with E-state index in [2.05, 4.69) is 0 Å². The Labute approximate surface area is 65.4 Å². The molecular weight excluding hydrogens is 122 g/mol. The van der Waals surface area contributed by atoms with Crippen LogP contribution in [0, 0.1) is 0 Å². The molecule has 0 radical (unpaired) electrons. The molecule has 4 heteroatoms. The van der Waals surface area contributed by atoms with E-state index in [-0.39, 0.29) is 18.9 Å². The van der Waals surface area contributed by atoms with Crippen LogP contribution in [-0.2, 0) is 4.79 Å². The molecule has 1 atom stereocenters. The number of rotatable bonds is 2. The maximum absolute atomic E-state index is 9.69. The molecule has 0 fully saturated rings. The maximum atomic E-state index is 9.69. The van der Waals surface area contributed by atoms with Crippen molar-refractivity contribution >= 4 is 17.6 Å². The smallest absolute Gasteiger partial charge is 0.549 e. The molecule has 42 valence electrons. The Morgan fingerprint density at radius 1 is 1.88 bits per heavy atom. The van der Waals surface area contributed by atoms with E-state index in [1.165, 1.54) is 0 Å². The number of hydrogen-bond acceptors (Lipinski definition) is 2. The fourth-order valence-corrected chi connectivity index (χ4v) is 0.167. The van der Waals surface area contributed by atoms with Crippen molar-refractivity contribution in [3.05, 3.63) is 0 Å². The topological polar surface area (TPSA) is 40.1 Å². The van der Waals surface area contributed by atoms with E-state index in [0.717, 1.165) is 0 Å². The Bertz CT molecular complexity index is 76.4. The monoisotopic (exact) mass is 128 g/mol. The Morgan fingerprint density at radius 2 is 2.25 bits per heavy atom. The van der Waals surface area contributed by atoms with Crippen LogP contribution in [0.1, 0.15) is 13.3 Å². The van der Waals surface area contributed by atoms with Crippen LogP contribution in [0.15, 0.2) is 0 Å².